The van der Waals surface area contributed by atoms with Crippen LogP contribution in [0.4, 0.5) is 0 Å². The van der Waals surface area contributed by atoms with Gasteiger partial charge >= 0.3 is 5.97 Å². The van der Waals surface area contributed by atoms with Crippen LogP contribution in [0.1, 0.15) is 40.5 Å². The van der Waals surface area contributed by atoms with Crippen LogP contribution in [0.25, 0.3) is 0 Å². The lowest BCUT2D eigenvalue weighted by Crippen LogP contribution is -2.19. The predicted molar refractivity (Wildman–Crippen MR) is 58.9 cm³/mol. The quantitative estimate of drug-likeness (QED) is 0.702. The van der Waals surface area contributed by atoms with E-state index in [9.17, 15) is 4.79 Å². The van der Waals surface area contributed by atoms with Gasteiger partial charge in [0.25, 0.3) is 0 Å². The summed E-state index contributed by atoms with van der Waals surface area (Å²) in [7, 11) is 0. The zero-order valence-corrected chi connectivity index (χ0v) is 9.63. The van der Waals surface area contributed by atoms with Crippen molar-refractivity contribution in [1.82, 2.24) is 0 Å². The Morgan fingerprint density at radius 2 is 2.00 bits per heavy atom. The number of rotatable bonds is 4. The van der Waals surface area contributed by atoms with E-state index >= 15 is 0 Å². The highest BCUT2D eigenvalue weighted by Crippen LogP contribution is 2.31. The molecule has 0 aliphatic heterocycles. The third-order valence-electron chi connectivity index (χ3n) is 2.42. The van der Waals surface area contributed by atoms with Crippen molar-refractivity contribution in [3.8, 4) is 0 Å². The van der Waals surface area contributed by atoms with Crippen molar-refractivity contribution < 1.29 is 9.90 Å². The third kappa shape index (κ3) is 4.45. The average molecular weight is 197 g/mol. The largest absolute Gasteiger partial charge is 0.478 e. The maximum absolute atomic E-state index is 10.7. The van der Waals surface area contributed by atoms with E-state index in [2.05, 4.69) is 27.7 Å². The number of aliphatic carboxylic acids is 1. The van der Waals surface area contributed by atoms with Gasteiger partial charge in [-0.15, -0.1) is 0 Å². The molecule has 81 valence electrons. The second-order valence-electron chi connectivity index (χ2n) is 4.77. The van der Waals surface area contributed by atoms with E-state index in [1.54, 1.807) is 6.92 Å². The van der Waals surface area contributed by atoms with E-state index in [1.165, 1.54) is 0 Å². The highest BCUT2D eigenvalue weighted by atomic mass is 16.4. The van der Waals surface area contributed by atoms with Crippen molar-refractivity contribution in [1.29, 1.82) is 0 Å². The Labute approximate surface area is 87.0 Å². The first-order valence-electron chi connectivity index (χ1n) is 5.00. The molecule has 0 aliphatic rings. The fraction of sp³-hybridized carbons (Fsp3) is 0.667. The first-order chi connectivity index (χ1) is 6.29. The van der Waals surface area contributed by atoms with Gasteiger partial charge in [-0.25, -0.2) is 4.79 Å². The van der Waals surface area contributed by atoms with Gasteiger partial charge in [0.1, 0.15) is 0 Å². The lowest BCUT2D eigenvalue weighted by Gasteiger charge is -2.28. The fourth-order valence-electron chi connectivity index (χ4n) is 1.36. The van der Waals surface area contributed by atoms with Crippen LogP contribution < -0.4 is 0 Å². The maximum Gasteiger partial charge on any atom is 0.330 e. The van der Waals surface area contributed by atoms with Gasteiger partial charge in [-0.1, -0.05) is 40.2 Å². The molecular formula is C12H21O2. The molecule has 0 heterocycles. The summed E-state index contributed by atoms with van der Waals surface area (Å²) in [6, 6.07) is 0. The Kier molecular flexibility index (Phi) is 4.89. The van der Waals surface area contributed by atoms with Crippen molar-refractivity contribution in [3.05, 3.63) is 18.6 Å². The molecule has 0 bridgehead atoms. The Morgan fingerprint density at radius 3 is 2.29 bits per heavy atom. The van der Waals surface area contributed by atoms with Gasteiger partial charge in [-0.2, -0.15) is 0 Å². The molecule has 0 aromatic heterocycles. The van der Waals surface area contributed by atoms with Crippen LogP contribution in [0.2, 0.25) is 0 Å². The van der Waals surface area contributed by atoms with Gasteiger partial charge < -0.3 is 5.11 Å². The van der Waals surface area contributed by atoms with E-state index in [0.717, 1.165) is 12.8 Å². The monoisotopic (exact) mass is 197 g/mol. The van der Waals surface area contributed by atoms with Crippen LogP contribution in [-0.4, -0.2) is 11.1 Å². The molecule has 1 N–H and O–H groups in total. The Bertz CT molecular complexity index is 221. The minimum Gasteiger partial charge on any atom is -0.478 e. The van der Waals surface area contributed by atoms with Gasteiger partial charge in [0.05, 0.1) is 0 Å². The summed E-state index contributed by atoms with van der Waals surface area (Å²) in [5.74, 6) is -0.542. The molecular weight excluding hydrogens is 176 g/mol. The molecule has 0 saturated carbocycles. The number of carboxylic acid groups (broad SMARTS) is 1. The maximum atomic E-state index is 10.7. The molecule has 0 rings (SSSR count). The second-order valence-corrected chi connectivity index (χ2v) is 4.77. The molecule has 0 aliphatic carbocycles. The zero-order valence-electron chi connectivity index (χ0n) is 9.63. The summed E-state index contributed by atoms with van der Waals surface area (Å²) in [6.45, 7) is 11.8. The second kappa shape index (κ2) is 5.18. The summed E-state index contributed by atoms with van der Waals surface area (Å²) in [5, 5.41) is 8.78. The SMILES string of the molecule is [CH2]CCC(C=C(C)C(=O)O)C(C)(C)C. The summed E-state index contributed by atoms with van der Waals surface area (Å²) in [6.07, 6.45) is 3.63. The molecule has 0 amide bonds. The number of hydrogen-bond acceptors (Lipinski definition) is 1. The van der Waals surface area contributed by atoms with Gasteiger partial charge in [0.15, 0.2) is 0 Å². The molecule has 2 nitrogen and oxygen atoms in total. The van der Waals surface area contributed by atoms with Crippen molar-refractivity contribution in [3.63, 3.8) is 0 Å². The average Bonchev–Trinajstić information content (AvgIpc) is 2.01. The van der Waals surface area contributed by atoms with Crippen molar-refractivity contribution in [2.45, 2.75) is 40.5 Å². The molecule has 0 aromatic rings. The van der Waals surface area contributed by atoms with Crippen molar-refractivity contribution in [2.75, 3.05) is 0 Å². The highest BCUT2D eigenvalue weighted by molar-refractivity contribution is 5.85. The highest BCUT2D eigenvalue weighted by Gasteiger charge is 2.22. The molecule has 1 radical (unpaired) electrons. The van der Waals surface area contributed by atoms with E-state index < -0.39 is 5.97 Å². The lowest BCUT2D eigenvalue weighted by atomic mass is 9.77. The topological polar surface area (TPSA) is 37.3 Å². The Balaban J connectivity index is 4.68. The Hall–Kier alpha value is -0.790. The van der Waals surface area contributed by atoms with Gasteiger partial charge in [-0.05, 0) is 24.7 Å². The van der Waals surface area contributed by atoms with Crippen molar-refractivity contribution >= 4 is 5.97 Å². The number of carbonyl (C=O) groups is 1. The summed E-state index contributed by atoms with van der Waals surface area (Å²) in [4.78, 5) is 10.7. The normalized spacial score (nSPS) is 15.4. The minimum atomic E-state index is -0.830. The summed E-state index contributed by atoms with van der Waals surface area (Å²) < 4.78 is 0. The van der Waals surface area contributed by atoms with Crippen LogP contribution in [0.3, 0.4) is 0 Å². The Morgan fingerprint density at radius 1 is 1.50 bits per heavy atom. The standard InChI is InChI=1S/C12H21O2/c1-6-7-10(12(3,4)5)8-9(2)11(13)14/h8,10H,1,6-7H2,2-5H3,(H,13,14). The number of allylic oxidation sites excluding steroid dienone is 1. The zero-order chi connectivity index (χ0) is 11.4. The number of carboxylic acids is 1. The smallest absolute Gasteiger partial charge is 0.330 e. The van der Waals surface area contributed by atoms with E-state index in [1.807, 2.05) is 6.08 Å². The van der Waals surface area contributed by atoms with Gasteiger partial charge in [0, 0.05) is 5.57 Å². The number of hydrogen-bond donors (Lipinski definition) is 1. The first kappa shape index (κ1) is 13.2. The molecule has 1 unspecified atom stereocenters. The van der Waals surface area contributed by atoms with E-state index in [-0.39, 0.29) is 11.3 Å². The van der Waals surface area contributed by atoms with Crippen LogP contribution >= 0.6 is 0 Å². The molecule has 0 saturated heterocycles. The van der Waals surface area contributed by atoms with Crippen LogP contribution in [0.5, 0.6) is 0 Å². The van der Waals surface area contributed by atoms with E-state index in [4.69, 9.17) is 5.11 Å². The van der Waals surface area contributed by atoms with E-state index in [0.29, 0.717) is 5.57 Å². The van der Waals surface area contributed by atoms with Crippen molar-refractivity contribution in [2.24, 2.45) is 11.3 Å². The molecule has 0 fully saturated rings. The van der Waals surface area contributed by atoms with Gasteiger partial charge in [0.2, 0.25) is 0 Å². The summed E-state index contributed by atoms with van der Waals surface area (Å²) in [5.41, 5.74) is 0.535. The first-order valence-corrected chi connectivity index (χ1v) is 5.00. The molecule has 2 heteroatoms. The fourth-order valence-corrected chi connectivity index (χ4v) is 1.36. The third-order valence-corrected chi connectivity index (χ3v) is 2.42. The molecule has 0 aromatic carbocycles. The van der Waals surface area contributed by atoms with Gasteiger partial charge in [-0.3, -0.25) is 0 Å². The minimum absolute atomic E-state index is 0.106. The molecule has 1 atom stereocenters. The predicted octanol–water partition coefficient (Wildman–Crippen LogP) is 3.29. The van der Waals surface area contributed by atoms with Crippen LogP contribution in [0, 0.1) is 18.3 Å². The van der Waals surface area contributed by atoms with Crippen LogP contribution in [0.15, 0.2) is 11.6 Å². The lowest BCUT2D eigenvalue weighted by molar-refractivity contribution is -0.132. The molecule has 0 spiro atoms. The summed E-state index contributed by atoms with van der Waals surface area (Å²) >= 11 is 0. The van der Waals surface area contributed by atoms with Crippen LogP contribution in [-0.2, 0) is 4.79 Å². The molecule has 14 heavy (non-hydrogen) atoms.